The molecule has 0 bridgehead atoms. The van der Waals surface area contributed by atoms with E-state index in [0.29, 0.717) is 6.04 Å². The lowest BCUT2D eigenvalue weighted by Crippen LogP contribution is -2.36. The Balaban J connectivity index is 2.23. The van der Waals surface area contributed by atoms with Crippen molar-refractivity contribution < 1.29 is 4.74 Å². The molecule has 1 saturated heterocycles. The van der Waals surface area contributed by atoms with E-state index in [1.807, 2.05) is 7.11 Å². The molecule has 1 N–H and O–H groups in total. The Morgan fingerprint density at radius 2 is 2.14 bits per heavy atom. The van der Waals surface area contributed by atoms with Crippen LogP contribution in [0.5, 0.6) is 0 Å². The van der Waals surface area contributed by atoms with Gasteiger partial charge in [0.2, 0.25) is 0 Å². The lowest BCUT2D eigenvalue weighted by Gasteiger charge is -2.31. The lowest BCUT2D eigenvalue weighted by molar-refractivity contribution is 0.00883. The highest BCUT2D eigenvalue weighted by molar-refractivity contribution is 4.78. The van der Waals surface area contributed by atoms with E-state index in [1.54, 1.807) is 0 Å². The van der Waals surface area contributed by atoms with Gasteiger partial charge in [-0.15, -0.1) is 0 Å². The van der Waals surface area contributed by atoms with Crippen molar-refractivity contribution in [3.63, 3.8) is 0 Å². The minimum atomic E-state index is 0.0636. The number of rotatable bonds is 4. The summed E-state index contributed by atoms with van der Waals surface area (Å²) in [5.41, 5.74) is 0.0636. The summed E-state index contributed by atoms with van der Waals surface area (Å²) in [6.07, 6.45) is 5.16. The number of hydrogen-bond donors (Lipinski definition) is 1. The topological polar surface area (TPSA) is 21.3 Å². The van der Waals surface area contributed by atoms with Gasteiger partial charge in [-0.1, -0.05) is 0 Å². The van der Waals surface area contributed by atoms with E-state index in [4.69, 9.17) is 4.74 Å². The maximum absolute atomic E-state index is 5.44. The number of piperidine rings is 1. The maximum Gasteiger partial charge on any atom is 0.0622 e. The largest absolute Gasteiger partial charge is 0.379 e. The summed E-state index contributed by atoms with van der Waals surface area (Å²) in [6, 6.07) is 0.708. The van der Waals surface area contributed by atoms with Gasteiger partial charge in [-0.2, -0.15) is 0 Å². The summed E-state index contributed by atoms with van der Waals surface area (Å²) in [7, 11) is 1.81. The fraction of sp³-hybridized carbons (Fsp3) is 1.00. The number of ether oxygens (including phenoxy) is 1. The molecule has 0 aromatic carbocycles. The van der Waals surface area contributed by atoms with Crippen LogP contribution in [-0.4, -0.2) is 25.3 Å². The molecule has 2 nitrogen and oxygen atoms in total. The van der Waals surface area contributed by atoms with E-state index in [-0.39, 0.29) is 5.60 Å². The molecule has 84 valence electrons. The van der Waals surface area contributed by atoms with Crippen molar-refractivity contribution in [1.29, 1.82) is 0 Å². The summed E-state index contributed by atoms with van der Waals surface area (Å²) in [4.78, 5) is 0. The van der Waals surface area contributed by atoms with E-state index in [2.05, 4.69) is 26.1 Å². The molecule has 0 aromatic heterocycles. The van der Waals surface area contributed by atoms with Gasteiger partial charge in [-0.05, 0) is 58.9 Å². The Morgan fingerprint density at radius 3 is 2.71 bits per heavy atom. The van der Waals surface area contributed by atoms with Crippen LogP contribution in [0.4, 0.5) is 0 Å². The van der Waals surface area contributed by atoms with Gasteiger partial charge in [0.05, 0.1) is 5.60 Å². The fourth-order valence-corrected chi connectivity index (χ4v) is 2.15. The fourth-order valence-electron chi connectivity index (χ4n) is 2.15. The smallest absolute Gasteiger partial charge is 0.0622 e. The second-order valence-corrected chi connectivity index (χ2v) is 5.25. The Hall–Kier alpha value is -0.0800. The lowest BCUT2D eigenvalue weighted by atomic mass is 9.86. The zero-order valence-corrected chi connectivity index (χ0v) is 10.1. The molecule has 14 heavy (non-hydrogen) atoms. The summed E-state index contributed by atoms with van der Waals surface area (Å²) in [5.74, 6) is 0.903. The van der Waals surface area contributed by atoms with Crippen LogP contribution >= 0.6 is 0 Å². The molecule has 0 radical (unpaired) electrons. The van der Waals surface area contributed by atoms with Crippen LogP contribution < -0.4 is 5.32 Å². The van der Waals surface area contributed by atoms with E-state index in [1.165, 1.54) is 32.2 Å². The molecule has 2 unspecified atom stereocenters. The van der Waals surface area contributed by atoms with Gasteiger partial charge in [0.15, 0.2) is 0 Å². The van der Waals surface area contributed by atoms with Gasteiger partial charge in [0.25, 0.3) is 0 Å². The van der Waals surface area contributed by atoms with Gasteiger partial charge >= 0.3 is 0 Å². The van der Waals surface area contributed by atoms with Crippen LogP contribution in [0.25, 0.3) is 0 Å². The van der Waals surface area contributed by atoms with E-state index in [9.17, 15) is 0 Å². The first-order valence-electron chi connectivity index (χ1n) is 5.82. The number of hydrogen-bond acceptors (Lipinski definition) is 2. The minimum Gasteiger partial charge on any atom is -0.379 e. The number of nitrogens with one attached hydrogen (secondary N) is 1. The highest BCUT2D eigenvalue weighted by Crippen LogP contribution is 2.25. The molecule has 1 aliphatic rings. The minimum absolute atomic E-state index is 0.0636. The third-order valence-corrected chi connectivity index (χ3v) is 3.44. The third kappa shape index (κ3) is 3.97. The molecule has 0 spiro atoms. The van der Waals surface area contributed by atoms with Crippen LogP contribution in [0.3, 0.4) is 0 Å². The van der Waals surface area contributed by atoms with Gasteiger partial charge in [0, 0.05) is 13.2 Å². The van der Waals surface area contributed by atoms with Crippen molar-refractivity contribution in [1.82, 2.24) is 5.32 Å². The zero-order chi connectivity index (χ0) is 10.6. The first-order chi connectivity index (χ1) is 6.53. The van der Waals surface area contributed by atoms with Crippen molar-refractivity contribution in [2.24, 2.45) is 5.92 Å². The van der Waals surface area contributed by atoms with Crippen molar-refractivity contribution in [3.8, 4) is 0 Å². The first-order valence-corrected chi connectivity index (χ1v) is 5.82. The molecular weight excluding hydrogens is 174 g/mol. The number of methoxy groups -OCH3 is 1. The normalized spacial score (nSPS) is 29.1. The van der Waals surface area contributed by atoms with Gasteiger partial charge in [0.1, 0.15) is 0 Å². The molecule has 1 aliphatic heterocycles. The third-order valence-electron chi connectivity index (χ3n) is 3.44. The van der Waals surface area contributed by atoms with E-state index >= 15 is 0 Å². The molecule has 0 saturated carbocycles. The Labute approximate surface area is 88.4 Å². The van der Waals surface area contributed by atoms with Crippen molar-refractivity contribution in [2.75, 3.05) is 13.7 Å². The standard InChI is InChI=1S/C12H25NO/c1-10-9-11(6-8-13-10)5-7-12(2,3)14-4/h10-11,13H,5-9H2,1-4H3. The molecule has 1 heterocycles. The summed E-state index contributed by atoms with van der Waals surface area (Å²) in [6.45, 7) is 7.84. The van der Waals surface area contributed by atoms with Gasteiger partial charge < -0.3 is 10.1 Å². The zero-order valence-electron chi connectivity index (χ0n) is 10.1. The second kappa shape index (κ2) is 5.13. The average Bonchev–Trinajstić information content (AvgIpc) is 2.15. The van der Waals surface area contributed by atoms with Crippen LogP contribution in [0, 0.1) is 5.92 Å². The maximum atomic E-state index is 5.44. The molecule has 2 heteroatoms. The van der Waals surface area contributed by atoms with Gasteiger partial charge in [-0.3, -0.25) is 0 Å². The predicted octanol–water partition coefficient (Wildman–Crippen LogP) is 2.58. The van der Waals surface area contributed by atoms with Gasteiger partial charge in [-0.25, -0.2) is 0 Å². The molecule has 2 atom stereocenters. The summed E-state index contributed by atoms with van der Waals surface area (Å²) in [5, 5.41) is 3.49. The second-order valence-electron chi connectivity index (χ2n) is 5.25. The Kier molecular flexibility index (Phi) is 4.39. The quantitative estimate of drug-likeness (QED) is 0.751. The van der Waals surface area contributed by atoms with Crippen molar-refractivity contribution in [2.45, 2.75) is 58.1 Å². The Bertz CT molecular complexity index is 168. The highest BCUT2D eigenvalue weighted by atomic mass is 16.5. The predicted molar refractivity (Wildman–Crippen MR) is 60.5 cm³/mol. The van der Waals surface area contributed by atoms with Crippen molar-refractivity contribution in [3.05, 3.63) is 0 Å². The molecule has 0 amide bonds. The SMILES string of the molecule is COC(C)(C)CCC1CCNC(C)C1. The molecule has 1 rings (SSSR count). The summed E-state index contributed by atoms with van der Waals surface area (Å²) < 4.78 is 5.44. The van der Waals surface area contributed by atoms with E-state index in [0.717, 1.165) is 5.92 Å². The monoisotopic (exact) mass is 199 g/mol. The van der Waals surface area contributed by atoms with Crippen LogP contribution in [-0.2, 0) is 4.74 Å². The Morgan fingerprint density at radius 1 is 1.43 bits per heavy atom. The molecule has 1 fully saturated rings. The first kappa shape index (κ1) is 12.0. The highest BCUT2D eigenvalue weighted by Gasteiger charge is 2.22. The van der Waals surface area contributed by atoms with Crippen molar-refractivity contribution >= 4 is 0 Å². The van der Waals surface area contributed by atoms with E-state index < -0.39 is 0 Å². The summed E-state index contributed by atoms with van der Waals surface area (Å²) >= 11 is 0. The molecular formula is C12H25NO. The molecule has 0 aromatic rings. The molecule has 0 aliphatic carbocycles. The van der Waals surface area contributed by atoms with Crippen LogP contribution in [0.15, 0.2) is 0 Å². The van der Waals surface area contributed by atoms with Crippen LogP contribution in [0.2, 0.25) is 0 Å². The average molecular weight is 199 g/mol. The van der Waals surface area contributed by atoms with Crippen LogP contribution in [0.1, 0.15) is 46.5 Å².